The first-order valence-electron chi connectivity index (χ1n) is 8.21. The minimum absolute atomic E-state index is 0.0610. The molecule has 0 spiro atoms. The summed E-state index contributed by atoms with van der Waals surface area (Å²) >= 11 is 5.88. The van der Waals surface area contributed by atoms with E-state index in [-0.39, 0.29) is 18.2 Å². The van der Waals surface area contributed by atoms with Gasteiger partial charge in [0.25, 0.3) is 0 Å². The maximum atomic E-state index is 12.2. The number of carbonyl (C=O) groups excluding carboxylic acids is 2. The van der Waals surface area contributed by atoms with E-state index in [1.54, 1.807) is 17.0 Å². The average Bonchev–Trinajstić information content (AvgIpc) is 2.51. The Bertz CT molecular complexity index is 737. The van der Waals surface area contributed by atoms with Crippen LogP contribution in [0, 0.1) is 13.8 Å². The molecule has 2 aromatic carbocycles. The molecule has 0 unspecified atom stereocenters. The van der Waals surface area contributed by atoms with Crippen LogP contribution in [0.15, 0.2) is 42.5 Å². The van der Waals surface area contributed by atoms with E-state index < -0.39 is 0 Å². The van der Waals surface area contributed by atoms with Crippen LogP contribution in [0.2, 0.25) is 5.02 Å². The summed E-state index contributed by atoms with van der Waals surface area (Å²) in [7, 11) is 0. The molecule has 0 fully saturated rings. The van der Waals surface area contributed by atoms with E-state index in [0.29, 0.717) is 18.1 Å². The Balaban J connectivity index is 1.92. The highest BCUT2D eigenvalue weighted by atomic mass is 35.5. The van der Waals surface area contributed by atoms with Gasteiger partial charge < -0.3 is 10.2 Å². The monoisotopic (exact) mass is 358 g/mol. The number of aryl methyl sites for hydroxylation is 2. The number of carbonyl (C=O) groups is 2. The molecule has 0 radical (unpaired) electrons. The van der Waals surface area contributed by atoms with Crippen molar-refractivity contribution in [2.75, 3.05) is 11.9 Å². The molecule has 0 bridgehead atoms. The second-order valence-corrected chi connectivity index (χ2v) is 6.68. The van der Waals surface area contributed by atoms with Gasteiger partial charge in [0.2, 0.25) is 11.8 Å². The van der Waals surface area contributed by atoms with Crippen LogP contribution >= 0.6 is 11.6 Å². The van der Waals surface area contributed by atoms with Crippen molar-refractivity contribution in [1.82, 2.24) is 4.90 Å². The molecular formula is C20H23ClN2O2. The van der Waals surface area contributed by atoms with Gasteiger partial charge in [-0.25, -0.2) is 0 Å². The average molecular weight is 359 g/mol. The van der Waals surface area contributed by atoms with Crippen molar-refractivity contribution in [3.8, 4) is 0 Å². The predicted molar refractivity (Wildman–Crippen MR) is 102 cm³/mol. The molecule has 0 aliphatic carbocycles. The second kappa shape index (κ2) is 8.67. The summed E-state index contributed by atoms with van der Waals surface area (Å²) in [4.78, 5) is 25.7. The SMILES string of the molecule is CC(=O)N(CCC(=O)Nc1cc(C)cc(C)c1)Cc1ccc(Cl)cc1. The van der Waals surface area contributed by atoms with E-state index in [9.17, 15) is 9.59 Å². The number of nitrogens with zero attached hydrogens (tertiary/aromatic N) is 1. The number of hydrogen-bond donors (Lipinski definition) is 1. The predicted octanol–water partition coefficient (Wildman–Crippen LogP) is 4.33. The van der Waals surface area contributed by atoms with Crippen molar-refractivity contribution in [2.24, 2.45) is 0 Å². The molecule has 25 heavy (non-hydrogen) atoms. The number of hydrogen-bond acceptors (Lipinski definition) is 2. The van der Waals surface area contributed by atoms with Crippen molar-refractivity contribution in [1.29, 1.82) is 0 Å². The van der Waals surface area contributed by atoms with E-state index in [1.165, 1.54) is 6.92 Å². The van der Waals surface area contributed by atoms with Gasteiger partial charge in [-0.05, 0) is 54.8 Å². The minimum Gasteiger partial charge on any atom is -0.338 e. The fraction of sp³-hybridized carbons (Fsp3) is 0.300. The molecule has 5 heteroatoms. The molecule has 0 atom stereocenters. The van der Waals surface area contributed by atoms with Crippen LogP contribution < -0.4 is 5.32 Å². The topological polar surface area (TPSA) is 49.4 Å². The number of amides is 2. The Kier molecular flexibility index (Phi) is 6.59. The van der Waals surface area contributed by atoms with E-state index in [4.69, 9.17) is 11.6 Å². The third kappa shape index (κ3) is 6.24. The van der Waals surface area contributed by atoms with Gasteiger partial charge >= 0.3 is 0 Å². The highest BCUT2D eigenvalue weighted by Gasteiger charge is 2.12. The van der Waals surface area contributed by atoms with Crippen LogP contribution in [0.5, 0.6) is 0 Å². The first-order valence-corrected chi connectivity index (χ1v) is 8.59. The number of nitrogens with one attached hydrogen (secondary N) is 1. The van der Waals surface area contributed by atoms with Gasteiger partial charge in [-0.2, -0.15) is 0 Å². The summed E-state index contributed by atoms with van der Waals surface area (Å²) in [5.74, 6) is -0.165. The molecule has 0 aliphatic rings. The zero-order valence-electron chi connectivity index (χ0n) is 14.8. The first kappa shape index (κ1) is 19.0. The molecule has 2 rings (SSSR count). The summed E-state index contributed by atoms with van der Waals surface area (Å²) in [6.45, 7) is 6.33. The molecule has 2 amide bonds. The lowest BCUT2D eigenvalue weighted by Crippen LogP contribution is -2.31. The molecule has 1 N–H and O–H groups in total. The summed E-state index contributed by atoms with van der Waals surface area (Å²) in [6.07, 6.45) is 0.250. The van der Waals surface area contributed by atoms with Crippen LogP contribution in [0.4, 0.5) is 5.69 Å². The summed E-state index contributed by atoms with van der Waals surface area (Å²) in [5, 5.41) is 3.55. The molecule has 0 heterocycles. The van der Waals surface area contributed by atoms with Gasteiger partial charge in [0.1, 0.15) is 0 Å². The zero-order valence-corrected chi connectivity index (χ0v) is 15.6. The van der Waals surface area contributed by atoms with Gasteiger partial charge in [0.05, 0.1) is 0 Å². The van der Waals surface area contributed by atoms with Gasteiger partial charge in [-0.15, -0.1) is 0 Å². The molecule has 0 aliphatic heterocycles. The normalized spacial score (nSPS) is 10.4. The lowest BCUT2D eigenvalue weighted by atomic mass is 10.1. The van der Waals surface area contributed by atoms with Crippen LogP contribution in [0.25, 0.3) is 0 Å². The molecule has 0 aromatic heterocycles. The van der Waals surface area contributed by atoms with Gasteiger partial charge in [-0.3, -0.25) is 9.59 Å². The maximum absolute atomic E-state index is 12.2. The van der Waals surface area contributed by atoms with Crippen molar-refractivity contribution < 1.29 is 9.59 Å². The Labute approximate surface area is 153 Å². The van der Waals surface area contributed by atoms with E-state index in [2.05, 4.69) is 11.4 Å². The van der Waals surface area contributed by atoms with Crippen LogP contribution in [0.1, 0.15) is 30.0 Å². The number of halogens is 1. The number of benzene rings is 2. The summed E-state index contributed by atoms with van der Waals surface area (Å²) in [6, 6.07) is 13.3. The van der Waals surface area contributed by atoms with Gasteiger partial charge in [0.15, 0.2) is 0 Å². The van der Waals surface area contributed by atoms with Crippen molar-refractivity contribution in [2.45, 2.75) is 33.7 Å². The Morgan fingerprint density at radius 1 is 1.04 bits per heavy atom. The third-order valence-electron chi connectivity index (χ3n) is 3.85. The standard InChI is InChI=1S/C20H23ClN2O2/c1-14-10-15(2)12-19(11-14)22-20(25)8-9-23(16(3)24)13-17-4-6-18(21)7-5-17/h4-7,10-12H,8-9,13H2,1-3H3,(H,22,25). The van der Waals surface area contributed by atoms with Crippen LogP contribution in [-0.2, 0) is 16.1 Å². The zero-order chi connectivity index (χ0) is 18.4. The molecule has 0 saturated heterocycles. The molecular weight excluding hydrogens is 336 g/mol. The van der Waals surface area contributed by atoms with Crippen molar-refractivity contribution in [3.63, 3.8) is 0 Å². The Morgan fingerprint density at radius 3 is 2.20 bits per heavy atom. The van der Waals surface area contributed by atoms with E-state index in [1.807, 2.05) is 38.1 Å². The van der Waals surface area contributed by atoms with Crippen LogP contribution in [0.3, 0.4) is 0 Å². The fourth-order valence-electron chi connectivity index (χ4n) is 2.66. The second-order valence-electron chi connectivity index (χ2n) is 6.24. The maximum Gasteiger partial charge on any atom is 0.226 e. The smallest absolute Gasteiger partial charge is 0.226 e. The lowest BCUT2D eigenvalue weighted by molar-refractivity contribution is -0.129. The number of anilines is 1. The quantitative estimate of drug-likeness (QED) is 0.835. The lowest BCUT2D eigenvalue weighted by Gasteiger charge is -2.21. The highest BCUT2D eigenvalue weighted by molar-refractivity contribution is 6.30. The van der Waals surface area contributed by atoms with Crippen LogP contribution in [-0.4, -0.2) is 23.3 Å². The van der Waals surface area contributed by atoms with Crippen molar-refractivity contribution >= 4 is 29.1 Å². The minimum atomic E-state index is -0.104. The fourth-order valence-corrected chi connectivity index (χ4v) is 2.79. The molecule has 0 saturated carbocycles. The van der Waals surface area contributed by atoms with Crippen molar-refractivity contribution in [3.05, 3.63) is 64.2 Å². The van der Waals surface area contributed by atoms with Gasteiger partial charge in [-0.1, -0.05) is 29.8 Å². The Morgan fingerprint density at radius 2 is 1.64 bits per heavy atom. The van der Waals surface area contributed by atoms with Gasteiger partial charge in [0, 0.05) is 37.1 Å². The van der Waals surface area contributed by atoms with E-state index in [0.717, 1.165) is 22.4 Å². The largest absolute Gasteiger partial charge is 0.338 e. The highest BCUT2D eigenvalue weighted by Crippen LogP contribution is 2.15. The molecule has 4 nitrogen and oxygen atoms in total. The first-order chi connectivity index (χ1) is 11.8. The number of rotatable bonds is 6. The third-order valence-corrected chi connectivity index (χ3v) is 4.10. The molecule has 132 valence electrons. The summed E-state index contributed by atoms with van der Waals surface area (Å²) in [5.41, 5.74) is 3.97. The summed E-state index contributed by atoms with van der Waals surface area (Å²) < 4.78 is 0. The van der Waals surface area contributed by atoms with E-state index >= 15 is 0 Å². The Hall–Kier alpha value is -2.33. The molecule has 2 aromatic rings.